The van der Waals surface area contributed by atoms with Gasteiger partial charge in [0.2, 0.25) is 0 Å². The lowest BCUT2D eigenvalue weighted by Crippen LogP contribution is -2.07. The van der Waals surface area contributed by atoms with Crippen LogP contribution in [-0.2, 0) is 34.4 Å². The maximum absolute atomic E-state index is 12.4. The Bertz CT molecular complexity index is 593. The molecule has 0 spiro atoms. The summed E-state index contributed by atoms with van der Waals surface area (Å²) in [6, 6.07) is 7.63. The van der Waals surface area contributed by atoms with E-state index in [0.29, 0.717) is 12.4 Å². The van der Waals surface area contributed by atoms with Gasteiger partial charge in [0.15, 0.2) is 0 Å². The van der Waals surface area contributed by atoms with Gasteiger partial charge in [-0.1, -0.05) is 12.1 Å². The van der Waals surface area contributed by atoms with Crippen LogP contribution in [0.15, 0.2) is 29.2 Å². The Morgan fingerprint density at radius 3 is 2.55 bits per heavy atom. The summed E-state index contributed by atoms with van der Waals surface area (Å²) < 4.78 is 19.4. The van der Waals surface area contributed by atoms with Crippen LogP contribution in [0.2, 0.25) is 0 Å². The second-order valence-electron chi connectivity index (χ2n) is 4.47. The number of ether oxygens (including phenoxy) is 1. The molecule has 6 heteroatoms. The number of nitrogens with zero attached hydrogens (tertiary/aromatic N) is 3. The number of benzene rings is 1. The summed E-state index contributed by atoms with van der Waals surface area (Å²) in [6.45, 7) is 5.29. The van der Waals surface area contributed by atoms with Crippen LogP contribution in [-0.4, -0.2) is 26.1 Å². The fraction of sp³-hybridized carbons (Fsp3) is 0.429. The van der Waals surface area contributed by atoms with Crippen molar-refractivity contribution in [2.45, 2.75) is 37.6 Å². The van der Waals surface area contributed by atoms with Gasteiger partial charge in [0.05, 0.1) is 23.2 Å². The molecule has 2 aromatic rings. The largest absolute Gasteiger partial charge is 0.380 e. The van der Waals surface area contributed by atoms with E-state index in [4.69, 9.17) is 4.74 Å². The third-order valence-corrected chi connectivity index (χ3v) is 4.40. The van der Waals surface area contributed by atoms with E-state index in [-0.39, 0.29) is 0 Å². The van der Waals surface area contributed by atoms with E-state index in [9.17, 15) is 4.21 Å². The molecule has 0 saturated heterocycles. The summed E-state index contributed by atoms with van der Waals surface area (Å²) in [6.07, 6.45) is 0. The van der Waals surface area contributed by atoms with Crippen molar-refractivity contribution >= 4 is 10.8 Å². The molecule has 0 fully saturated rings. The number of hydrogen-bond acceptors (Lipinski definition) is 4. The van der Waals surface area contributed by atoms with Crippen LogP contribution in [0, 0.1) is 6.92 Å². The molecular weight excluding hydrogens is 274 g/mol. The summed E-state index contributed by atoms with van der Waals surface area (Å²) in [7, 11) is 0.549. The SMILES string of the molecule is CCn1c(C)nnc1C[S@@](=O)c1ccc(COC)cc1. The maximum Gasteiger partial charge on any atom is 0.146 e. The van der Waals surface area contributed by atoms with E-state index in [1.165, 1.54) is 0 Å². The number of aryl methyl sites for hydroxylation is 1. The van der Waals surface area contributed by atoms with Gasteiger partial charge in [0, 0.05) is 18.6 Å². The summed E-state index contributed by atoms with van der Waals surface area (Å²) in [5, 5.41) is 8.13. The molecule has 5 nitrogen and oxygen atoms in total. The fourth-order valence-electron chi connectivity index (χ4n) is 2.05. The van der Waals surface area contributed by atoms with Crippen molar-refractivity contribution < 1.29 is 8.95 Å². The molecule has 0 aliphatic carbocycles. The van der Waals surface area contributed by atoms with E-state index in [2.05, 4.69) is 10.2 Å². The first-order chi connectivity index (χ1) is 9.65. The van der Waals surface area contributed by atoms with Gasteiger partial charge in [-0.2, -0.15) is 0 Å². The van der Waals surface area contributed by atoms with Crippen LogP contribution in [0.25, 0.3) is 0 Å². The molecule has 0 radical (unpaired) electrons. The van der Waals surface area contributed by atoms with E-state index < -0.39 is 10.8 Å². The van der Waals surface area contributed by atoms with Crippen molar-refractivity contribution in [3.63, 3.8) is 0 Å². The van der Waals surface area contributed by atoms with E-state index >= 15 is 0 Å². The Kier molecular flexibility index (Phi) is 5.03. The molecule has 1 aromatic carbocycles. The highest BCUT2D eigenvalue weighted by atomic mass is 32.2. The van der Waals surface area contributed by atoms with Gasteiger partial charge in [-0.25, -0.2) is 0 Å². The molecular formula is C14H19N3O2S. The topological polar surface area (TPSA) is 57.0 Å². The van der Waals surface area contributed by atoms with Gasteiger partial charge >= 0.3 is 0 Å². The molecule has 0 aliphatic rings. The average Bonchev–Trinajstić information content (AvgIpc) is 2.80. The van der Waals surface area contributed by atoms with Gasteiger partial charge in [0.25, 0.3) is 0 Å². The van der Waals surface area contributed by atoms with Crippen LogP contribution in [0.3, 0.4) is 0 Å². The van der Waals surface area contributed by atoms with Crippen molar-refractivity contribution in [1.82, 2.24) is 14.8 Å². The van der Waals surface area contributed by atoms with Crippen LogP contribution in [0.4, 0.5) is 0 Å². The first-order valence-corrected chi connectivity index (χ1v) is 7.82. The maximum atomic E-state index is 12.4. The lowest BCUT2D eigenvalue weighted by atomic mass is 10.2. The Labute approximate surface area is 121 Å². The lowest BCUT2D eigenvalue weighted by Gasteiger charge is -2.06. The summed E-state index contributed by atoms with van der Waals surface area (Å²) in [5.41, 5.74) is 1.07. The third-order valence-electron chi connectivity index (χ3n) is 3.09. The summed E-state index contributed by atoms with van der Waals surface area (Å²) in [5.74, 6) is 2.01. The zero-order chi connectivity index (χ0) is 14.5. The molecule has 108 valence electrons. The van der Waals surface area contributed by atoms with Crippen molar-refractivity contribution in [2.24, 2.45) is 0 Å². The Balaban J connectivity index is 2.11. The first kappa shape index (κ1) is 14.9. The van der Waals surface area contributed by atoms with Crippen LogP contribution < -0.4 is 0 Å². The highest BCUT2D eigenvalue weighted by Gasteiger charge is 2.12. The standard InChI is InChI=1S/C14H19N3O2S/c1-4-17-11(2)15-16-14(17)10-20(18)13-7-5-12(6-8-13)9-19-3/h5-8H,4,9-10H2,1-3H3/t20-/m1/s1. The van der Waals surface area contributed by atoms with Crippen molar-refractivity contribution in [2.75, 3.05) is 7.11 Å². The number of hydrogen-bond donors (Lipinski definition) is 0. The normalized spacial score (nSPS) is 12.6. The fourth-order valence-corrected chi connectivity index (χ4v) is 3.10. The van der Waals surface area contributed by atoms with Crippen molar-refractivity contribution in [3.05, 3.63) is 41.5 Å². The summed E-state index contributed by atoms with van der Waals surface area (Å²) >= 11 is 0. The van der Waals surface area contributed by atoms with Crippen molar-refractivity contribution in [3.8, 4) is 0 Å². The lowest BCUT2D eigenvalue weighted by molar-refractivity contribution is 0.185. The molecule has 0 bridgehead atoms. The molecule has 1 atom stereocenters. The number of rotatable bonds is 6. The Morgan fingerprint density at radius 1 is 1.25 bits per heavy atom. The average molecular weight is 293 g/mol. The van der Waals surface area contributed by atoms with E-state index in [1.807, 2.05) is 42.7 Å². The Hall–Kier alpha value is -1.53. The third kappa shape index (κ3) is 3.32. The smallest absolute Gasteiger partial charge is 0.146 e. The minimum atomic E-state index is -1.11. The highest BCUT2D eigenvalue weighted by molar-refractivity contribution is 7.84. The van der Waals surface area contributed by atoms with E-state index in [0.717, 1.165) is 28.7 Å². The minimum Gasteiger partial charge on any atom is -0.380 e. The molecule has 20 heavy (non-hydrogen) atoms. The molecule has 2 rings (SSSR count). The zero-order valence-electron chi connectivity index (χ0n) is 12.0. The van der Waals surface area contributed by atoms with Gasteiger partial charge < -0.3 is 9.30 Å². The predicted molar refractivity (Wildman–Crippen MR) is 77.7 cm³/mol. The second-order valence-corrected chi connectivity index (χ2v) is 5.93. The van der Waals surface area contributed by atoms with Gasteiger partial charge in [-0.15, -0.1) is 10.2 Å². The van der Waals surface area contributed by atoms with Crippen LogP contribution in [0.5, 0.6) is 0 Å². The molecule has 0 amide bonds. The first-order valence-electron chi connectivity index (χ1n) is 6.50. The molecule has 1 aromatic heterocycles. The number of methoxy groups -OCH3 is 1. The minimum absolute atomic E-state index is 0.387. The van der Waals surface area contributed by atoms with Crippen LogP contribution in [0.1, 0.15) is 24.1 Å². The van der Waals surface area contributed by atoms with Gasteiger partial charge in [-0.3, -0.25) is 4.21 Å². The Morgan fingerprint density at radius 2 is 1.95 bits per heavy atom. The molecule has 0 N–H and O–H groups in total. The van der Waals surface area contributed by atoms with Gasteiger partial charge in [0.1, 0.15) is 11.6 Å². The predicted octanol–water partition coefficient (Wildman–Crippen LogP) is 2.06. The quantitative estimate of drug-likeness (QED) is 0.818. The summed E-state index contributed by atoms with van der Waals surface area (Å²) in [4.78, 5) is 0.799. The van der Waals surface area contributed by atoms with Gasteiger partial charge in [-0.05, 0) is 31.5 Å². The van der Waals surface area contributed by atoms with E-state index in [1.54, 1.807) is 7.11 Å². The molecule has 0 aliphatic heterocycles. The highest BCUT2D eigenvalue weighted by Crippen LogP contribution is 2.14. The second kappa shape index (κ2) is 6.76. The monoisotopic (exact) mass is 293 g/mol. The van der Waals surface area contributed by atoms with Crippen LogP contribution >= 0.6 is 0 Å². The molecule has 0 saturated carbocycles. The number of aromatic nitrogens is 3. The molecule has 0 unspecified atom stereocenters. The van der Waals surface area contributed by atoms with Crippen molar-refractivity contribution in [1.29, 1.82) is 0 Å². The molecule has 1 heterocycles. The zero-order valence-corrected chi connectivity index (χ0v) is 12.8.